The molecule has 0 radical (unpaired) electrons. The summed E-state index contributed by atoms with van der Waals surface area (Å²) in [6, 6.07) is 8.92. The van der Waals surface area contributed by atoms with Crippen LogP contribution in [0.1, 0.15) is 17.8 Å². The zero-order chi connectivity index (χ0) is 17.6. The Labute approximate surface area is 155 Å². The maximum Gasteiger partial charge on any atom is 0.135 e. The number of imidazole rings is 1. The molecule has 0 amide bonds. The highest BCUT2D eigenvalue weighted by atomic mass is 32.1. The highest BCUT2D eigenvalue weighted by molar-refractivity contribution is 7.07. The predicted octanol–water partition coefficient (Wildman–Crippen LogP) is 3.93. The molecule has 2 aliphatic heterocycles. The summed E-state index contributed by atoms with van der Waals surface area (Å²) in [4.78, 5) is 6.96. The Balaban J connectivity index is 1.39. The quantitative estimate of drug-likeness (QED) is 0.701. The average Bonchev–Trinajstić information content (AvgIpc) is 3.36. The van der Waals surface area contributed by atoms with Crippen molar-refractivity contribution in [3.05, 3.63) is 64.5 Å². The number of aromatic nitrogens is 2. The van der Waals surface area contributed by atoms with Crippen molar-refractivity contribution in [2.45, 2.75) is 31.7 Å². The van der Waals surface area contributed by atoms with E-state index in [1.165, 1.54) is 11.6 Å². The van der Waals surface area contributed by atoms with Crippen LogP contribution in [0.15, 0.2) is 47.3 Å². The van der Waals surface area contributed by atoms with E-state index in [-0.39, 0.29) is 11.4 Å². The summed E-state index contributed by atoms with van der Waals surface area (Å²) in [5.41, 5.74) is 3.03. The molecule has 4 nitrogen and oxygen atoms in total. The van der Waals surface area contributed by atoms with Crippen molar-refractivity contribution in [1.29, 1.82) is 0 Å². The number of hydrogen-bond acceptors (Lipinski definition) is 4. The van der Waals surface area contributed by atoms with Crippen LogP contribution in [-0.4, -0.2) is 33.1 Å². The second kappa shape index (κ2) is 6.30. The maximum absolute atomic E-state index is 13.7. The fourth-order valence-corrected chi connectivity index (χ4v) is 4.75. The van der Waals surface area contributed by atoms with E-state index < -0.39 is 0 Å². The number of halogens is 1. The summed E-state index contributed by atoms with van der Waals surface area (Å²) in [6.07, 6.45) is 2.85. The second-order valence-electron chi connectivity index (χ2n) is 7.22. The number of rotatable bonds is 3. The lowest BCUT2D eigenvalue weighted by Crippen LogP contribution is -2.44. The van der Waals surface area contributed by atoms with Gasteiger partial charge in [-0.05, 0) is 40.9 Å². The van der Waals surface area contributed by atoms with Crippen LogP contribution >= 0.6 is 11.3 Å². The Morgan fingerprint density at radius 1 is 1.27 bits per heavy atom. The molecule has 2 aliphatic rings. The third-order valence-corrected chi connectivity index (χ3v) is 6.13. The largest absolute Gasteiger partial charge is 0.364 e. The number of thiophene rings is 1. The number of fused-ring (bicyclic) bond motifs is 1. The van der Waals surface area contributed by atoms with Gasteiger partial charge in [-0.3, -0.25) is 4.90 Å². The van der Waals surface area contributed by atoms with Gasteiger partial charge in [-0.1, -0.05) is 12.1 Å². The van der Waals surface area contributed by atoms with Crippen LogP contribution in [0.3, 0.4) is 0 Å². The molecule has 5 rings (SSSR count). The van der Waals surface area contributed by atoms with Crippen LogP contribution in [0.25, 0.3) is 11.3 Å². The fraction of sp³-hybridized carbons (Fsp3) is 0.350. The molecular formula is C20H20FN3OS. The predicted molar refractivity (Wildman–Crippen MR) is 99.4 cm³/mol. The Morgan fingerprint density at radius 2 is 2.23 bits per heavy atom. The highest BCUT2D eigenvalue weighted by Gasteiger charge is 2.43. The van der Waals surface area contributed by atoms with Crippen molar-refractivity contribution >= 4 is 11.3 Å². The summed E-state index contributed by atoms with van der Waals surface area (Å²) in [5, 5.41) is 4.34. The molecule has 1 atom stereocenters. The minimum Gasteiger partial charge on any atom is -0.364 e. The second-order valence-corrected chi connectivity index (χ2v) is 8.00. The molecule has 4 heterocycles. The smallest absolute Gasteiger partial charge is 0.135 e. The van der Waals surface area contributed by atoms with E-state index in [0.717, 1.165) is 49.7 Å². The minimum absolute atomic E-state index is 0.175. The van der Waals surface area contributed by atoms with Crippen LogP contribution in [0.5, 0.6) is 0 Å². The van der Waals surface area contributed by atoms with Crippen LogP contribution in [0, 0.1) is 5.82 Å². The summed E-state index contributed by atoms with van der Waals surface area (Å²) in [6.45, 7) is 4.22. The van der Waals surface area contributed by atoms with Gasteiger partial charge in [0.2, 0.25) is 0 Å². The van der Waals surface area contributed by atoms with Crippen LogP contribution in [-0.2, 0) is 24.4 Å². The summed E-state index contributed by atoms with van der Waals surface area (Å²) < 4.78 is 22.2. The lowest BCUT2D eigenvalue weighted by atomic mass is 10.0. The first kappa shape index (κ1) is 16.2. The Hall–Kier alpha value is -2.02. The first-order chi connectivity index (χ1) is 12.7. The van der Waals surface area contributed by atoms with Gasteiger partial charge in [-0.25, -0.2) is 9.37 Å². The molecule has 1 spiro atoms. The summed E-state index contributed by atoms with van der Waals surface area (Å²) >= 11 is 1.74. The first-order valence-electron chi connectivity index (χ1n) is 8.89. The number of nitrogens with zero attached hydrogens (tertiary/aromatic N) is 3. The van der Waals surface area contributed by atoms with Crippen molar-refractivity contribution < 1.29 is 9.13 Å². The van der Waals surface area contributed by atoms with Crippen LogP contribution < -0.4 is 0 Å². The highest BCUT2D eigenvalue weighted by Crippen LogP contribution is 2.35. The molecule has 0 bridgehead atoms. The Kier molecular flexibility index (Phi) is 3.92. The standard InChI is InChI=1S/C20H20FN3OS/c21-17-3-1-2-16(8-17)18-9-22-19-11-25-20(14-24(18)19)5-6-23(13-20)10-15-4-7-26-12-15/h1-4,7-9,12H,5-6,10-11,13-14H2/t20-/m1/s1. The van der Waals surface area contributed by atoms with E-state index in [4.69, 9.17) is 4.74 Å². The molecule has 2 aromatic heterocycles. The normalized spacial score (nSPS) is 22.8. The zero-order valence-electron chi connectivity index (χ0n) is 14.4. The van der Waals surface area contributed by atoms with Crippen molar-refractivity contribution in [3.63, 3.8) is 0 Å². The van der Waals surface area contributed by atoms with E-state index in [9.17, 15) is 4.39 Å². The molecule has 1 aromatic carbocycles. The molecule has 26 heavy (non-hydrogen) atoms. The Morgan fingerprint density at radius 3 is 3.08 bits per heavy atom. The molecular weight excluding hydrogens is 349 g/mol. The van der Waals surface area contributed by atoms with Crippen molar-refractivity contribution in [2.75, 3.05) is 13.1 Å². The van der Waals surface area contributed by atoms with Gasteiger partial charge in [0.05, 0.1) is 18.4 Å². The molecule has 1 saturated heterocycles. The first-order valence-corrected chi connectivity index (χ1v) is 9.83. The van der Waals surface area contributed by atoms with Gasteiger partial charge in [-0.2, -0.15) is 11.3 Å². The maximum atomic E-state index is 13.7. The molecule has 0 aliphatic carbocycles. The zero-order valence-corrected chi connectivity index (χ0v) is 15.2. The number of ether oxygens (including phenoxy) is 1. The van der Waals surface area contributed by atoms with Gasteiger partial charge < -0.3 is 9.30 Å². The molecule has 134 valence electrons. The van der Waals surface area contributed by atoms with E-state index in [1.807, 2.05) is 12.3 Å². The van der Waals surface area contributed by atoms with Crippen LogP contribution in [0.4, 0.5) is 4.39 Å². The van der Waals surface area contributed by atoms with Gasteiger partial charge in [0.15, 0.2) is 0 Å². The van der Waals surface area contributed by atoms with Gasteiger partial charge in [0, 0.05) is 25.2 Å². The van der Waals surface area contributed by atoms with Crippen molar-refractivity contribution in [1.82, 2.24) is 14.5 Å². The van der Waals surface area contributed by atoms with Gasteiger partial charge in [0.1, 0.15) is 23.8 Å². The molecule has 0 saturated carbocycles. The lowest BCUT2D eigenvalue weighted by molar-refractivity contribution is -0.0821. The van der Waals surface area contributed by atoms with Crippen molar-refractivity contribution in [3.8, 4) is 11.3 Å². The van der Waals surface area contributed by atoms with E-state index >= 15 is 0 Å². The minimum atomic E-state index is -0.220. The fourth-order valence-electron chi connectivity index (χ4n) is 4.09. The topological polar surface area (TPSA) is 30.3 Å². The molecule has 6 heteroatoms. The number of likely N-dealkylation sites (tertiary alicyclic amines) is 1. The Bertz CT molecular complexity index is 923. The van der Waals surface area contributed by atoms with Gasteiger partial charge in [-0.15, -0.1) is 0 Å². The summed E-state index contributed by atoms with van der Waals surface area (Å²) in [5.74, 6) is 0.703. The summed E-state index contributed by atoms with van der Waals surface area (Å²) in [7, 11) is 0. The van der Waals surface area contributed by atoms with Crippen molar-refractivity contribution in [2.24, 2.45) is 0 Å². The third-order valence-electron chi connectivity index (χ3n) is 5.39. The van der Waals surface area contributed by atoms with Crippen LogP contribution in [0.2, 0.25) is 0 Å². The number of hydrogen-bond donors (Lipinski definition) is 0. The van der Waals surface area contributed by atoms with Gasteiger partial charge >= 0.3 is 0 Å². The third kappa shape index (κ3) is 2.88. The lowest BCUT2D eigenvalue weighted by Gasteiger charge is -2.35. The monoisotopic (exact) mass is 369 g/mol. The van der Waals surface area contributed by atoms with E-state index in [0.29, 0.717) is 6.61 Å². The van der Waals surface area contributed by atoms with E-state index in [2.05, 4.69) is 31.3 Å². The molecule has 0 N–H and O–H groups in total. The molecule has 1 fully saturated rings. The van der Waals surface area contributed by atoms with Gasteiger partial charge in [0.25, 0.3) is 0 Å². The SMILES string of the molecule is Fc1cccc(-c2cnc3n2C[C@]2(CCN(Cc4ccsc4)C2)OC3)c1. The average molecular weight is 369 g/mol. The number of benzene rings is 1. The van der Waals surface area contributed by atoms with E-state index in [1.54, 1.807) is 23.5 Å². The molecule has 3 aromatic rings. The molecule has 0 unspecified atom stereocenters.